The van der Waals surface area contributed by atoms with Crippen molar-refractivity contribution in [2.24, 2.45) is 10.1 Å². The smallest absolute Gasteiger partial charge is 0.138 e. The van der Waals surface area contributed by atoms with E-state index in [0.717, 1.165) is 10.0 Å². The van der Waals surface area contributed by atoms with Crippen LogP contribution >= 0.6 is 31.9 Å². The Kier molecular flexibility index (Phi) is 5.85. The lowest BCUT2D eigenvalue weighted by atomic mass is 10.0. The van der Waals surface area contributed by atoms with Crippen molar-refractivity contribution >= 4 is 49.5 Å². The van der Waals surface area contributed by atoms with Gasteiger partial charge in [-0.1, -0.05) is 69.6 Å². The molecule has 0 spiro atoms. The van der Waals surface area contributed by atoms with Gasteiger partial charge in [0.2, 0.25) is 0 Å². The van der Waals surface area contributed by atoms with E-state index < -0.39 is 0 Å². The van der Waals surface area contributed by atoms with Crippen molar-refractivity contribution in [3.8, 4) is 5.75 Å². The molecule has 2 N–H and O–H groups in total. The predicted molar refractivity (Wildman–Crippen MR) is 111 cm³/mol. The molecule has 3 rings (SSSR count). The van der Waals surface area contributed by atoms with Crippen LogP contribution in [0, 0.1) is 0 Å². The first-order chi connectivity index (χ1) is 12.6. The number of phenolic OH excluding ortho intramolecular Hbond substituents is 1. The van der Waals surface area contributed by atoms with Gasteiger partial charge >= 0.3 is 0 Å². The quantitative estimate of drug-likeness (QED) is 0.281. The molecule has 0 heterocycles. The Morgan fingerprint density at radius 2 is 1.62 bits per heavy atom. The van der Waals surface area contributed by atoms with Gasteiger partial charge in [0.1, 0.15) is 11.5 Å². The van der Waals surface area contributed by atoms with Gasteiger partial charge in [-0.2, -0.15) is 0 Å². The van der Waals surface area contributed by atoms with E-state index in [4.69, 9.17) is 0 Å². The Morgan fingerprint density at radius 3 is 2.35 bits per heavy atom. The molecule has 0 aliphatic heterocycles. The van der Waals surface area contributed by atoms with E-state index in [1.807, 2.05) is 54.6 Å². The Labute approximate surface area is 167 Å². The number of oxime groups is 1. The van der Waals surface area contributed by atoms with Crippen LogP contribution in [0.1, 0.15) is 16.7 Å². The minimum Gasteiger partial charge on any atom is -0.506 e. The van der Waals surface area contributed by atoms with Gasteiger partial charge in [0.05, 0.1) is 10.2 Å². The highest BCUT2D eigenvalue weighted by Gasteiger charge is 2.12. The highest BCUT2D eigenvalue weighted by atomic mass is 79.9. The summed E-state index contributed by atoms with van der Waals surface area (Å²) in [5.74, 6) is 0.105. The molecule has 0 aliphatic carbocycles. The van der Waals surface area contributed by atoms with Crippen LogP contribution in [0.3, 0.4) is 0 Å². The Hall–Kier alpha value is -2.44. The number of aliphatic imine (C=N–C) groups is 1. The topological polar surface area (TPSA) is 65.2 Å². The molecule has 0 aliphatic rings. The molecule has 0 unspecified atom stereocenters. The fourth-order valence-electron chi connectivity index (χ4n) is 2.47. The molecule has 0 bridgehead atoms. The Bertz CT molecular complexity index is 986. The molecule has 0 fully saturated rings. The SMILES string of the molecule is ON=C(c1ccccc1)c1ccccc1N=Cc1cc(Br)cc(Br)c1O. The van der Waals surface area contributed by atoms with Gasteiger partial charge < -0.3 is 10.3 Å². The maximum atomic E-state index is 10.2. The van der Waals surface area contributed by atoms with Gasteiger partial charge in [0.25, 0.3) is 0 Å². The van der Waals surface area contributed by atoms with E-state index in [1.165, 1.54) is 0 Å². The average molecular weight is 474 g/mol. The fraction of sp³-hybridized carbons (Fsp3) is 0. The lowest BCUT2D eigenvalue weighted by Gasteiger charge is -2.08. The first kappa shape index (κ1) is 18.4. The average Bonchev–Trinajstić information content (AvgIpc) is 2.66. The van der Waals surface area contributed by atoms with Crippen molar-refractivity contribution in [1.29, 1.82) is 0 Å². The number of hydrogen-bond donors (Lipinski definition) is 2. The van der Waals surface area contributed by atoms with Crippen LogP contribution in [0.15, 0.2) is 85.8 Å². The molecule has 0 aromatic heterocycles. The second-order valence-corrected chi connectivity index (χ2v) is 7.19. The molecule has 0 saturated heterocycles. The summed E-state index contributed by atoms with van der Waals surface area (Å²) in [4.78, 5) is 4.50. The van der Waals surface area contributed by atoms with Crippen molar-refractivity contribution < 1.29 is 10.3 Å². The number of para-hydroxylation sites is 1. The third kappa shape index (κ3) is 4.03. The Balaban J connectivity index is 2.03. The predicted octanol–water partition coefficient (Wildman–Crippen LogP) is 5.89. The summed E-state index contributed by atoms with van der Waals surface area (Å²) in [5, 5.41) is 23.2. The van der Waals surface area contributed by atoms with Crippen LogP contribution in [0.5, 0.6) is 5.75 Å². The molecule has 0 saturated carbocycles. The van der Waals surface area contributed by atoms with E-state index >= 15 is 0 Å². The van der Waals surface area contributed by atoms with Crippen LogP contribution in [0.2, 0.25) is 0 Å². The maximum absolute atomic E-state index is 10.2. The monoisotopic (exact) mass is 472 g/mol. The summed E-state index contributed by atoms with van der Waals surface area (Å²) in [6.45, 7) is 0. The number of aromatic hydroxyl groups is 1. The van der Waals surface area contributed by atoms with Crippen LogP contribution in [0.4, 0.5) is 5.69 Å². The van der Waals surface area contributed by atoms with Gasteiger partial charge in [-0.25, -0.2) is 0 Å². The van der Waals surface area contributed by atoms with Crippen molar-refractivity contribution in [3.05, 3.63) is 92.4 Å². The second kappa shape index (κ2) is 8.29. The van der Waals surface area contributed by atoms with Crippen molar-refractivity contribution in [3.63, 3.8) is 0 Å². The molecule has 0 amide bonds. The molecule has 4 nitrogen and oxygen atoms in total. The second-order valence-electron chi connectivity index (χ2n) is 5.42. The molecule has 26 heavy (non-hydrogen) atoms. The largest absolute Gasteiger partial charge is 0.506 e. The van der Waals surface area contributed by atoms with Gasteiger partial charge in [-0.3, -0.25) is 4.99 Å². The third-order valence-electron chi connectivity index (χ3n) is 3.71. The lowest BCUT2D eigenvalue weighted by Crippen LogP contribution is -2.03. The first-order valence-electron chi connectivity index (χ1n) is 7.69. The number of nitrogens with zero attached hydrogens (tertiary/aromatic N) is 2. The van der Waals surface area contributed by atoms with Crippen LogP contribution < -0.4 is 0 Å². The fourth-order valence-corrected chi connectivity index (χ4v) is 3.73. The highest BCUT2D eigenvalue weighted by Crippen LogP contribution is 2.31. The van der Waals surface area contributed by atoms with Gasteiger partial charge in [0.15, 0.2) is 0 Å². The summed E-state index contributed by atoms with van der Waals surface area (Å²) in [6, 6.07) is 20.3. The van der Waals surface area contributed by atoms with E-state index in [9.17, 15) is 10.3 Å². The van der Waals surface area contributed by atoms with Gasteiger partial charge in [-0.15, -0.1) is 0 Å². The molecule has 130 valence electrons. The van der Waals surface area contributed by atoms with Crippen LogP contribution in [-0.2, 0) is 0 Å². The number of halogens is 2. The zero-order chi connectivity index (χ0) is 18.5. The standard InChI is InChI=1S/C20H14Br2N2O2/c21-15-10-14(20(25)17(22)11-15)12-23-18-9-5-4-8-16(18)19(24-26)13-6-2-1-3-7-13/h1-12,25-26H. The summed E-state index contributed by atoms with van der Waals surface area (Å²) >= 11 is 6.71. The normalized spacial score (nSPS) is 11.8. The van der Waals surface area contributed by atoms with Crippen LogP contribution in [0.25, 0.3) is 0 Å². The van der Waals surface area contributed by atoms with Gasteiger partial charge in [0, 0.05) is 27.4 Å². The van der Waals surface area contributed by atoms with Crippen molar-refractivity contribution in [2.45, 2.75) is 0 Å². The molecular formula is C20H14Br2N2O2. The van der Waals surface area contributed by atoms with Crippen molar-refractivity contribution in [1.82, 2.24) is 0 Å². The first-order valence-corrected chi connectivity index (χ1v) is 9.27. The number of rotatable bonds is 4. The zero-order valence-electron chi connectivity index (χ0n) is 13.5. The summed E-state index contributed by atoms with van der Waals surface area (Å²) in [6.07, 6.45) is 1.57. The molecule has 3 aromatic rings. The minimum atomic E-state index is 0.105. The maximum Gasteiger partial charge on any atom is 0.138 e. The third-order valence-corrected chi connectivity index (χ3v) is 4.77. The zero-order valence-corrected chi connectivity index (χ0v) is 16.6. The summed E-state index contributed by atoms with van der Waals surface area (Å²) < 4.78 is 1.39. The Morgan fingerprint density at radius 1 is 0.923 bits per heavy atom. The highest BCUT2D eigenvalue weighted by molar-refractivity contribution is 9.11. The molecule has 3 aromatic carbocycles. The van der Waals surface area contributed by atoms with E-state index in [1.54, 1.807) is 18.3 Å². The van der Waals surface area contributed by atoms with E-state index in [2.05, 4.69) is 42.0 Å². The van der Waals surface area contributed by atoms with Gasteiger partial charge in [-0.05, 0) is 34.1 Å². The summed E-state index contributed by atoms with van der Waals surface area (Å²) in [5.41, 5.74) is 3.08. The van der Waals surface area contributed by atoms with Crippen LogP contribution in [-0.4, -0.2) is 22.2 Å². The number of benzene rings is 3. The molecule has 6 heteroatoms. The number of hydrogen-bond acceptors (Lipinski definition) is 4. The van der Waals surface area contributed by atoms with E-state index in [-0.39, 0.29) is 5.75 Å². The number of phenols is 1. The van der Waals surface area contributed by atoms with E-state index in [0.29, 0.717) is 27.0 Å². The lowest BCUT2D eigenvalue weighted by molar-refractivity contribution is 0.319. The molecular weight excluding hydrogens is 460 g/mol. The minimum absolute atomic E-state index is 0.105. The van der Waals surface area contributed by atoms with Crippen molar-refractivity contribution in [2.75, 3.05) is 0 Å². The summed E-state index contributed by atoms with van der Waals surface area (Å²) in [7, 11) is 0. The molecule has 0 atom stereocenters. The molecule has 0 radical (unpaired) electrons.